The Morgan fingerprint density at radius 1 is 1.40 bits per heavy atom. The molecule has 0 aromatic heterocycles. The summed E-state index contributed by atoms with van der Waals surface area (Å²) >= 11 is 0. The van der Waals surface area contributed by atoms with Gasteiger partial charge in [0, 0.05) is 19.1 Å². The van der Waals surface area contributed by atoms with Gasteiger partial charge in [0.25, 0.3) is 5.91 Å². The third-order valence-corrected chi connectivity index (χ3v) is 3.95. The Bertz CT molecular complexity index is 444. The van der Waals surface area contributed by atoms with Crippen molar-refractivity contribution < 1.29 is 9.53 Å². The second-order valence-electron chi connectivity index (χ2n) is 5.71. The number of amides is 1. The number of carbonyl (C=O) groups is 1. The van der Waals surface area contributed by atoms with Crippen molar-refractivity contribution in [1.82, 2.24) is 4.90 Å². The molecule has 1 saturated heterocycles. The Kier molecular flexibility index (Phi) is 5.01. The van der Waals surface area contributed by atoms with Gasteiger partial charge in [0.15, 0.2) is 6.61 Å². The summed E-state index contributed by atoms with van der Waals surface area (Å²) in [5.74, 6) is 1.41. The van der Waals surface area contributed by atoms with Crippen LogP contribution in [-0.2, 0) is 4.79 Å². The zero-order valence-corrected chi connectivity index (χ0v) is 12.3. The molecule has 0 saturated carbocycles. The molecule has 4 heteroatoms. The van der Waals surface area contributed by atoms with Crippen molar-refractivity contribution >= 4 is 5.91 Å². The smallest absolute Gasteiger partial charge is 0.260 e. The van der Waals surface area contributed by atoms with Crippen LogP contribution in [0.15, 0.2) is 24.3 Å². The van der Waals surface area contributed by atoms with Crippen LogP contribution in [0.5, 0.6) is 5.75 Å². The summed E-state index contributed by atoms with van der Waals surface area (Å²) in [5.41, 5.74) is 6.96. The second kappa shape index (κ2) is 6.75. The van der Waals surface area contributed by atoms with E-state index in [1.807, 2.05) is 36.1 Å². The number of nitrogens with two attached hydrogens (primary N) is 1. The molecule has 1 aliphatic heterocycles. The van der Waals surface area contributed by atoms with Crippen molar-refractivity contribution in [3.05, 3.63) is 29.8 Å². The molecule has 0 bridgehead atoms. The molecule has 1 fully saturated rings. The van der Waals surface area contributed by atoms with Gasteiger partial charge in [-0.15, -0.1) is 0 Å². The third kappa shape index (κ3) is 3.73. The summed E-state index contributed by atoms with van der Waals surface area (Å²) in [5, 5.41) is 0. The fourth-order valence-corrected chi connectivity index (χ4v) is 2.67. The number of hydrogen-bond acceptors (Lipinski definition) is 3. The zero-order valence-electron chi connectivity index (χ0n) is 12.3. The van der Waals surface area contributed by atoms with Gasteiger partial charge in [-0.1, -0.05) is 24.6 Å². The number of likely N-dealkylation sites (tertiary alicyclic amines) is 1. The van der Waals surface area contributed by atoms with E-state index >= 15 is 0 Å². The summed E-state index contributed by atoms with van der Waals surface area (Å²) in [7, 11) is 0. The van der Waals surface area contributed by atoms with E-state index in [2.05, 4.69) is 6.92 Å². The molecule has 2 unspecified atom stereocenters. The summed E-state index contributed by atoms with van der Waals surface area (Å²) < 4.78 is 5.56. The van der Waals surface area contributed by atoms with Crippen LogP contribution < -0.4 is 10.5 Å². The van der Waals surface area contributed by atoms with Gasteiger partial charge in [0.1, 0.15) is 5.75 Å². The number of rotatable bonds is 4. The van der Waals surface area contributed by atoms with Crippen LogP contribution in [0.1, 0.15) is 25.3 Å². The number of carbonyl (C=O) groups excluding carboxylic acids is 1. The molecule has 1 aromatic rings. The SMILES string of the molecule is Cc1ccc(OCC(=O)N2CCC(C)CC2CN)cc1. The lowest BCUT2D eigenvalue weighted by Gasteiger charge is -2.37. The fraction of sp³-hybridized carbons (Fsp3) is 0.562. The normalized spacial score (nSPS) is 22.6. The lowest BCUT2D eigenvalue weighted by atomic mass is 9.92. The highest BCUT2D eigenvalue weighted by atomic mass is 16.5. The Balaban J connectivity index is 1.89. The Morgan fingerprint density at radius 3 is 2.75 bits per heavy atom. The Labute approximate surface area is 120 Å². The third-order valence-electron chi connectivity index (χ3n) is 3.95. The van der Waals surface area contributed by atoms with E-state index in [9.17, 15) is 4.79 Å². The lowest BCUT2D eigenvalue weighted by molar-refractivity contribution is -0.137. The molecule has 0 radical (unpaired) electrons. The van der Waals surface area contributed by atoms with Crippen LogP contribution in [0, 0.1) is 12.8 Å². The summed E-state index contributed by atoms with van der Waals surface area (Å²) in [6.07, 6.45) is 2.04. The van der Waals surface area contributed by atoms with E-state index in [4.69, 9.17) is 10.5 Å². The van der Waals surface area contributed by atoms with Gasteiger partial charge in [-0.2, -0.15) is 0 Å². The summed E-state index contributed by atoms with van der Waals surface area (Å²) in [6.45, 7) is 5.65. The first-order valence-electron chi connectivity index (χ1n) is 7.29. The zero-order chi connectivity index (χ0) is 14.5. The first-order valence-corrected chi connectivity index (χ1v) is 7.29. The van der Waals surface area contributed by atoms with Crippen molar-refractivity contribution in [2.75, 3.05) is 19.7 Å². The van der Waals surface area contributed by atoms with Crippen molar-refractivity contribution in [3.63, 3.8) is 0 Å². The van der Waals surface area contributed by atoms with E-state index in [1.54, 1.807) is 0 Å². The van der Waals surface area contributed by atoms with Gasteiger partial charge in [-0.3, -0.25) is 4.79 Å². The van der Waals surface area contributed by atoms with Gasteiger partial charge < -0.3 is 15.4 Å². The predicted molar refractivity (Wildman–Crippen MR) is 79.6 cm³/mol. The van der Waals surface area contributed by atoms with E-state index < -0.39 is 0 Å². The largest absolute Gasteiger partial charge is 0.484 e. The number of aryl methyl sites for hydroxylation is 1. The molecule has 2 atom stereocenters. The molecule has 110 valence electrons. The monoisotopic (exact) mass is 276 g/mol. The van der Waals surface area contributed by atoms with Crippen molar-refractivity contribution in [2.24, 2.45) is 11.7 Å². The topological polar surface area (TPSA) is 55.6 Å². The highest BCUT2D eigenvalue weighted by Gasteiger charge is 2.28. The number of nitrogens with zero attached hydrogens (tertiary/aromatic N) is 1. The highest BCUT2D eigenvalue weighted by Crippen LogP contribution is 2.22. The first-order chi connectivity index (χ1) is 9.60. The van der Waals surface area contributed by atoms with E-state index in [0.29, 0.717) is 12.5 Å². The molecule has 4 nitrogen and oxygen atoms in total. The average Bonchev–Trinajstić information content (AvgIpc) is 2.46. The van der Waals surface area contributed by atoms with E-state index in [1.165, 1.54) is 5.56 Å². The first kappa shape index (κ1) is 14.9. The number of hydrogen-bond donors (Lipinski definition) is 1. The minimum atomic E-state index is 0.0351. The molecule has 20 heavy (non-hydrogen) atoms. The van der Waals surface area contributed by atoms with Crippen LogP contribution in [0.4, 0.5) is 0 Å². The van der Waals surface area contributed by atoms with Gasteiger partial charge in [0.05, 0.1) is 0 Å². The van der Waals surface area contributed by atoms with E-state index in [0.717, 1.165) is 25.1 Å². The molecular formula is C16H24N2O2. The van der Waals surface area contributed by atoms with Gasteiger partial charge in [0.2, 0.25) is 0 Å². The molecule has 1 amide bonds. The number of ether oxygens (including phenoxy) is 1. The lowest BCUT2D eigenvalue weighted by Crippen LogP contribution is -2.50. The highest BCUT2D eigenvalue weighted by molar-refractivity contribution is 5.78. The molecule has 2 N–H and O–H groups in total. The maximum Gasteiger partial charge on any atom is 0.260 e. The van der Waals surface area contributed by atoms with Crippen LogP contribution in [0.25, 0.3) is 0 Å². The van der Waals surface area contributed by atoms with Crippen molar-refractivity contribution in [1.29, 1.82) is 0 Å². The molecule has 1 aromatic carbocycles. The maximum atomic E-state index is 12.3. The van der Waals surface area contributed by atoms with Crippen LogP contribution in [0.2, 0.25) is 0 Å². The minimum absolute atomic E-state index is 0.0351. The van der Waals surface area contributed by atoms with Crippen LogP contribution in [-0.4, -0.2) is 36.5 Å². The molecule has 0 aliphatic carbocycles. The molecule has 1 aliphatic rings. The van der Waals surface area contributed by atoms with Crippen molar-refractivity contribution in [3.8, 4) is 5.75 Å². The maximum absolute atomic E-state index is 12.3. The molecular weight excluding hydrogens is 252 g/mol. The molecule has 2 rings (SSSR count). The number of benzene rings is 1. The summed E-state index contributed by atoms with van der Waals surface area (Å²) in [6, 6.07) is 7.89. The van der Waals surface area contributed by atoms with Gasteiger partial charge >= 0.3 is 0 Å². The molecule has 1 heterocycles. The predicted octanol–water partition coefficient (Wildman–Crippen LogP) is 1.96. The van der Waals surface area contributed by atoms with E-state index in [-0.39, 0.29) is 18.6 Å². The average molecular weight is 276 g/mol. The number of piperidine rings is 1. The Hall–Kier alpha value is -1.55. The standard InChI is InChI=1S/C16H24N2O2/c1-12-3-5-15(6-4-12)20-11-16(19)18-8-7-13(2)9-14(18)10-17/h3-6,13-14H,7-11,17H2,1-2H3. The fourth-order valence-electron chi connectivity index (χ4n) is 2.67. The second-order valence-corrected chi connectivity index (χ2v) is 5.71. The summed E-state index contributed by atoms with van der Waals surface area (Å²) in [4.78, 5) is 14.1. The van der Waals surface area contributed by atoms with Crippen LogP contribution in [0.3, 0.4) is 0 Å². The van der Waals surface area contributed by atoms with Crippen molar-refractivity contribution in [2.45, 2.75) is 32.7 Å². The van der Waals surface area contributed by atoms with Crippen LogP contribution >= 0.6 is 0 Å². The van der Waals surface area contributed by atoms with Gasteiger partial charge in [-0.25, -0.2) is 0 Å². The molecule has 0 spiro atoms. The minimum Gasteiger partial charge on any atom is -0.484 e. The van der Waals surface area contributed by atoms with Gasteiger partial charge in [-0.05, 0) is 37.8 Å². The Morgan fingerprint density at radius 2 is 2.10 bits per heavy atom. The quantitative estimate of drug-likeness (QED) is 0.914.